The number of amides is 2. The minimum atomic E-state index is -0.0432. The van der Waals surface area contributed by atoms with E-state index in [4.69, 9.17) is 14.2 Å². The molecule has 7 heteroatoms. The van der Waals surface area contributed by atoms with Crippen LogP contribution in [0.25, 0.3) is 10.9 Å². The molecule has 1 aliphatic rings. The zero-order valence-electron chi connectivity index (χ0n) is 17.6. The van der Waals surface area contributed by atoms with Crippen LogP contribution in [0.2, 0.25) is 0 Å². The van der Waals surface area contributed by atoms with Crippen molar-refractivity contribution in [2.75, 3.05) is 34.4 Å². The number of fused-ring (bicyclic) bond motifs is 3. The molecule has 0 fully saturated rings. The Morgan fingerprint density at radius 1 is 1.07 bits per heavy atom. The second-order valence-electron chi connectivity index (χ2n) is 7.34. The SMILES string of the molecule is COc1ccc2[nH]c3c(c2c1)CN(C(=O)NCCc1ccc(OC)c(OC)c1)CC3. The molecule has 7 nitrogen and oxygen atoms in total. The molecule has 30 heavy (non-hydrogen) atoms. The highest BCUT2D eigenvalue weighted by Gasteiger charge is 2.24. The third-order valence-corrected chi connectivity index (χ3v) is 5.61. The molecule has 0 aliphatic carbocycles. The van der Waals surface area contributed by atoms with Crippen LogP contribution in [-0.4, -0.2) is 50.3 Å². The molecule has 4 rings (SSSR count). The van der Waals surface area contributed by atoms with Crippen molar-refractivity contribution in [2.24, 2.45) is 0 Å². The van der Waals surface area contributed by atoms with Gasteiger partial charge in [0, 0.05) is 48.2 Å². The van der Waals surface area contributed by atoms with Crippen molar-refractivity contribution in [3.05, 3.63) is 53.2 Å². The number of benzene rings is 2. The fraction of sp³-hybridized carbons (Fsp3) is 0.348. The number of aromatic amines is 1. The molecule has 2 N–H and O–H groups in total. The number of carbonyl (C=O) groups excluding carboxylic acids is 1. The molecule has 0 atom stereocenters. The molecule has 2 amide bonds. The quantitative estimate of drug-likeness (QED) is 0.653. The maximum absolute atomic E-state index is 12.7. The Bertz CT molecular complexity index is 1060. The highest BCUT2D eigenvalue weighted by atomic mass is 16.5. The fourth-order valence-electron chi connectivity index (χ4n) is 3.96. The molecule has 158 valence electrons. The highest BCUT2D eigenvalue weighted by molar-refractivity contribution is 5.87. The number of ether oxygens (including phenoxy) is 3. The first-order valence-corrected chi connectivity index (χ1v) is 10.0. The molecule has 2 aromatic carbocycles. The van der Waals surface area contributed by atoms with Gasteiger partial charge < -0.3 is 29.4 Å². The Kier molecular flexibility index (Phi) is 5.70. The van der Waals surface area contributed by atoms with Gasteiger partial charge in [-0.3, -0.25) is 0 Å². The van der Waals surface area contributed by atoms with E-state index in [0.717, 1.165) is 35.1 Å². The summed E-state index contributed by atoms with van der Waals surface area (Å²) in [5.41, 5.74) is 4.53. The van der Waals surface area contributed by atoms with Gasteiger partial charge in [0.05, 0.1) is 21.3 Å². The lowest BCUT2D eigenvalue weighted by atomic mass is 10.0. The van der Waals surface area contributed by atoms with Crippen molar-refractivity contribution in [3.8, 4) is 17.2 Å². The van der Waals surface area contributed by atoms with E-state index in [0.29, 0.717) is 31.1 Å². The van der Waals surface area contributed by atoms with Gasteiger partial charge in [0.1, 0.15) is 5.75 Å². The van der Waals surface area contributed by atoms with Crippen LogP contribution in [0.3, 0.4) is 0 Å². The second kappa shape index (κ2) is 8.57. The normalized spacial score (nSPS) is 13.1. The van der Waals surface area contributed by atoms with E-state index in [1.54, 1.807) is 21.3 Å². The number of nitrogens with zero attached hydrogens (tertiary/aromatic N) is 1. The van der Waals surface area contributed by atoms with Gasteiger partial charge in [-0.2, -0.15) is 0 Å². The molecular weight excluding hydrogens is 382 g/mol. The maximum atomic E-state index is 12.7. The molecule has 2 heterocycles. The van der Waals surface area contributed by atoms with E-state index >= 15 is 0 Å². The van der Waals surface area contributed by atoms with Gasteiger partial charge in [-0.15, -0.1) is 0 Å². The number of methoxy groups -OCH3 is 3. The molecule has 0 bridgehead atoms. The van der Waals surface area contributed by atoms with E-state index < -0.39 is 0 Å². The summed E-state index contributed by atoms with van der Waals surface area (Å²) in [6.45, 7) is 1.84. The summed E-state index contributed by atoms with van der Waals surface area (Å²) in [6, 6.07) is 11.8. The number of hydrogen-bond donors (Lipinski definition) is 2. The molecule has 1 aromatic heterocycles. The predicted molar refractivity (Wildman–Crippen MR) is 116 cm³/mol. The number of urea groups is 1. The van der Waals surface area contributed by atoms with Crippen LogP contribution in [0, 0.1) is 0 Å². The summed E-state index contributed by atoms with van der Waals surface area (Å²) >= 11 is 0. The van der Waals surface area contributed by atoms with Crippen LogP contribution in [0.5, 0.6) is 17.2 Å². The molecule has 0 spiro atoms. The van der Waals surface area contributed by atoms with Crippen molar-refractivity contribution in [1.82, 2.24) is 15.2 Å². The minimum Gasteiger partial charge on any atom is -0.497 e. The summed E-state index contributed by atoms with van der Waals surface area (Å²) in [4.78, 5) is 18.1. The first-order valence-electron chi connectivity index (χ1n) is 10.0. The third kappa shape index (κ3) is 3.87. The van der Waals surface area contributed by atoms with Crippen molar-refractivity contribution < 1.29 is 19.0 Å². The van der Waals surface area contributed by atoms with Gasteiger partial charge in [-0.25, -0.2) is 4.79 Å². The van der Waals surface area contributed by atoms with Gasteiger partial charge in [0.25, 0.3) is 0 Å². The Morgan fingerprint density at radius 2 is 1.90 bits per heavy atom. The molecule has 0 unspecified atom stereocenters. The summed E-state index contributed by atoms with van der Waals surface area (Å²) in [5, 5.41) is 4.16. The summed E-state index contributed by atoms with van der Waals surface area (Å²) < 4.78 is 16.0. The standard InChI is InChI=1S/C23H27N3O4/c1-28-16-5-6-19-17(13-16)18-14-26(11-9-20(18)25-19)23(27)24-10-8-15-4-7-21(29-2)22(12-15)30-3/h4-7,12-13,25H,8-11,14H2,1-3H3,(H,24,27). The highest BCUT2D eigenvalue weighted by Crippen LogP contribution is 2.30. The average Bonchev–Trinajstić information content (AvgIpc) is 3.15. The third-order valence-electron chi connectivity index (χ3n) is 5.61. The zero-order valence-corrected chi connectivity index (χ0v) is 17.6. The molecule has 0 saturated heterocycles. The Balaban J connectivity index is 1.38. The van der Waals surface area contributed by atoms with E-state index in [1.165, 1.54) is 11.3 Å². The van der Waals surface area contributed by atoms with E-state index in [1.807, 2.05) is 41.3 Å². The molecule has 1 aliphatic heterocycles. The van der Waals surface area contributed by atoms with Crippen molar-refractivity contribution in [3.63, 3.8) is 0 Å². The second-order valence-corrected chi connectivity index (χ2v) is 7.34. The van der Waals surface area contributed by atoms with Crippen LogP contribution in [-0.2, 0) is 19.4 Å². The smallest absolute Gasteiger partial charge is 0.317 e. The van der Waals surface area contributed by atoms with E-state index in [-0.39, 0.29) is 6.03 Å². The van der Waals surface area contributed by atoms with E-state index in [2.05, 4.69) is 10.3 Å². The minimum absolute atomic E-state index is 0.0432. The molecular formula is C23H27N3O4. The molecule has 3 aromatic rings. The monoisotopic (exact) mass is 409 g/mol. The molecule has 0 radical (unpaired) electrons. The van der Waals surface area contributed by atoms with Gasteiger partial charge in [-0.1, -0.05) is 6.07 Å². The number of nitrogens with one attached hydrogen (secondary N) is 2. The number of rotatable bonds is 6. The van der Waals surface area contributed by atoms with Gasteiger partial charge in [0.2, 0.25) is 0 Å². The van der Waals surface area contributed by atoms with Gasteiger partial charge in [-0.05, 0) is 42.3 Å². The van der Waals surface area contributed by atoms with Crippen LogP contribution in [0.4, 0.5) is 4.79 Å². The van der Waals surface area contributed by atoms with Crippen molar-refractivity contribution in [2.45, 2.75) is 19.4 Å². The Morgan fingerprint density at radius 3 is 2.67 bits per heavy atom. The largest absolute Gasteiger partial charge is 0.497 e. The summed E-state index contributed by atoms with van der Waals surface area (Å²) in [5.74, 6) is 2.21. The number of H-pyrrole nitrogens is 1. The van der Waals surface area contributed by atoms with E-state index in [9.17, 15) is 4.79 Å². The Labute approximate surface area is 175 Å². The van der Waals surface area contributed by atoms with Crippen molar-refractivity contribution >= 4 is 16.9 Å². The Hall–Kier alpha value is -3.35. The van der Waals surface area contributed by atoms with Crippen LogP contribution < -0.4 is 19.5 Å². The number of carbonyl (C=O) groups is 1. The topological polar surface area (TPSA) is 75.8 Å². The average molecular weight is 409 g/mol. The molecule has 0 saturated carbocycles. The van der Waals surface area contributed by atoms with Gasteiger partial charge >= 0.3 is 6.03 Å². The number of aromatic nitrogens is 1. The zero-order chi connectivity index (χ0) is 21.1. The van der Waals surface area contributed by atoms with Gasteiger partial charge in [0.15, 0.2) is 11.5 Å². The lowest BCUT2D eigenvalue weighted by Gasteiger charge is -2.27. The number of hydrogen-bond acceptors (Lipinski definition) is 4. The predicted octanol–water partition coefficient (Wildman–Crippen LogP) is 3.50. The van der Waals surface area contributed by atoms with Crippen LogP contribution in [0.1, 0.15) is 16.8 Å². The first kappa shape index (κ1) is 19.9. The fourth-order valence-corrected chi connectivity index (χ4v) is 3.96. The lowest BCUT2D eigenvalue weighted by Crippen LogP contribution is -2.43. The van der Waals surface area contributed by atoms with Crippen LogP contribution in [0.15, 0.2) is 36.4 Å². The lowest BCUT2D eigenvalue weighted by molar-refractivity contribution is 0.192. The first-order chi connectivity index (χ1) is 14.6. The van der Waals surface area contributed by atoms with Crippen LogP contribution >= 0.6 is 0 Å². The maximum Gasteiger partial charge on any atom is 0.317 e. The summed E-state index contributed by atoms with van der Waals surface area (Å²) in [7, 11) is 4.90. The van der Waals surface area contributed by atoms with Crippen molar-refractivity contribution in [1.29, 1.82) is 0 Å². The summed E-state index contributed by atoms with van der Waals surface area (Å²) in [6.07, 6.45) is 1.53.